The zero-order chi connectivity index (χ0) is 16.8. The Bertz CT molecular complexity index is 879. The molecule has 24 heavy (non-hydrogen) atoms. The molecule has 0 saturated carbocycles. The van der Waals surface area contributed by atoms with E-state index in [0.717, 1.165) is 16.3 Å². The van der Waals surface area contributed by atoms with Crippen molar-refractivity contribution in [1.29, 1.82) is 5.26 Å². The molecule has 0 heterocycles. The van der Waals surface area contributed by atoms with Crippen molar-refractivity contribution < 1.29 is 14.6 Å². The van der Waals surface area contributed by atoms with Crippen molar-refractivity contribution in [1.82, 2.24) is 0 Å². The molecule has 0 aliphatic heterocycles. The predicted molar refractivity (Wildman–Crippen MR) is 89.6 cm³/mol. The summed E-state index contributed by atoms with van der Waals surface area (Å²) in [4.78, 5) is 21.9. The van der Waals surface area contributed by atoms with E-state index >= 15 is 0 Å². The van der Waals surface area contributed by atoms with Crippen molar-refractivity contribution in [3.8, 4) is 6.07 Å². The monoisotopic (exact) mass is 317 g/mol. The third kappa shape index (κ3) is 3.60. The van der Waals surface area contributed by atoms with Crippen LogP contribution in [0, 0.1) is 11.3 Å². The number of benzene rings is 3. The van der Waals surface area contributed by atoms with Crippen molar-refractivity contribution in [2.45, 2.75) is 12.5 Å². The fourth-order valence-electron chi connectivity index (χ4n) is 2.51. The van der Waals surface area contributed by atoms with Gasteiger partial charge in [-0.15, -0.1) is 0 Å². The molecule has 0 bridgehead atoms. The van der Waals surface area contributed by atoms with Gasteiger partial charge in [-0.05, 0) is 21.9 Å². The van der Waals surface area contributed by atoms with Gasteiger partial charge >= 0.3 is 5.97 Å². The summed E-state index contributed by atoms with van der Waals surface area (Å²) in [6.07, 6.45) is -0.864. The van der Waals surface area contributed by atoms with Gasteiger partial charge in [-0.3, -0.25) is 4.89 Å². The zero-order valence-corrected chi connectivity index (χ0v) is 12.9. The van der Waals surface area contributed by atoms with Crippen LogP contribution in [0.3, 0.4) is 0 Å². The molecule has 4 heteroatoms. The Balaban J connectivity index is 1.66. The average molecular weight is 317 g/mol. The second kappa shape index (κ2) is 7.40. The summed E-state index contributed by atoms with van der Waals surface area (Å²) < 4.78 is 0. The van der Waals surface area contributed by atoms with Crippen LogP contribution in [0.4, 0.5) is 0 Å². The maximum absolute atomic E-state index is 12.1. The highest BCUT2D eigenvalue weighted by Crippen LogP contribution is 2.20. The predicted octanol–water partition coefficient (Wildman–Crippen LogP) is 4.12. The van der Waals surface area contributed by atoms with Gasteiger partial charge in [0.1, 0.15) is 6.07 Å². The molecule has 0 spiro atoms. The minimum Gasteiger partial charge on any atom is -0.296 e. The van der Waals surface area contributed by atoms with Gasteiger partial charge in [0, 0.05) is 0 Å². The van der Waals surface area contributed by atoms with Gasteiger partial charge in [0.05, 0.1) is 6.42 Å². The number of nitrogens with zero attached hydrogens (tertiary/aromatic N) is 1. The summed E-state index contributed by atoms with van der Waals surface area (Å²) >= 11 is 0. The van der Waals surface area contributed by atoms with Gasteiger partial charge in [0.2, 0.25) is 6.10 Å². The Labute approximate surface area is 139 Å². The van der Waals surface area contributed by atoms with Gasteiger partial charge in [-0.1, -0.05) is 72.8 Å². The number of hydrogen-bond donors (Lipinski definition) is 0. The number of carbonyl (C=O) groups is 1. The molecule has 3 rings (SSSR count). The van der Waals surface area contributed by atoms with E-state index in [2.05, 4.69) is 0 Å². The van der Waals surface area contributed by atoms with Crippen LogP contribution in [-0.4, -0.2) is 5.97 Å². The Morgan fingerprint density at radius 3 is 2.46 bits per heavy atom. The van der Waals surface area contributed by atoms with E-state index in [0.29, 0.717) is 5.56 Å². The smallest absolute Gasteiger partial charge is 0.296 e. The normalized spacial score (nSPS) is 11.6. The van der Waals surface area contributed by atoms with E-state index in [4.69, 9.17) is 15.0 Å². The van der Waals surface area contributed by atoms with E-state index in [9.17, 15) is 4.79 Å². The first-order valence-electron chi connectivity index (χ1n) is 7.55. The van der Waals surface area contributed by atoms with Gasteiger partial charge in [0.15, 0.2) is 0 Å². The highest BCUT2D eigenvalue weighted by Gasteiger charge is 2.16. The third-order valence-corrected chi connectivity index (χ3v) is 3.67. The minimum atomic E-state index is -0.942. The first-order chi connectivity index (χ1) is 11.8. The van der Waals surface area contributed by atoms with Crippen LogP contribution in [0.15, 0.2) is 72.8 Å². The molecule has 4 nitrogen and oxygen atoms in total. The van der Waals surface area contributed by atoms with Crippen LogP contribution < -0.4 is 0 Å². The van der Waals surface area contributed by atoms with Crippen LogP contribution in [0.2, 0.25) is 0 Å². The molecule has 0 aliphatic carbocycles. The molecule has 1 unspecified atom stereocenters. The highest BCUT2D eigenvalue weighted by molar-refractivity contribution is 5.88. The molecule has 118 valence electrons. The highest BCUT2D eigenvalue weighted by atomic mass is 17.2. The first-order valence-corrected chi connectivity index (χ1v) is 7.55. The molecule has 0 amide bonds. The summed E-state index contributed by atoms with van der Waals surface area (Å²) in [7, 11) is 0. The Morgan fingerprint density at radius 2 is 1.67 bits per heavy atom. The molecule has 0 radical (unpaired) electrons. The Morgan fingerprint density at radius 1 is 0.958 bits per heavy atom. The number of hydrogen-bond acceptors (Lipinski definition) is 4. The minimum absolute atomic E-state index is 0.0777. The zero-order valence-electron chi connectivity index (χ0n) is 12.9. The lowest BCUT2D eigenvalue weighted by atomic mass is 10.0. The van der Waals surface area contributed by atoms with Crippen LogP contribution >= 0.6 is 0 Å². The van der Waals surface area contributed by atoms with Crippen molar-refractivity contribution in [3.05, 3.63) is 83.9 Å². The van der Waals surface area contributed by atoms with Crippen molar-refractivity contribution >= 4 is 16.7 Å². The molecule has 3 aromatic carbocycles. The summed E-state index contributed by atoms with van der Waals surface area (Å²) in [5.74, 6) is -0.539. The van der Waals surface area contributed by atoms with Crippen molar-refractivity contribution in [2.24, 2.45) is 0 Å². The quantitative estimate of drug-likeness (QED) is 0.524. The standard InChI is InChI=1S/C20H15NO3/c21-14-19(16-8-2-1-3-9-16)23-24-20(22)13-17-11-6-10-15-7-4-5-12-18(15)17/h1-12,19H,13H2. The molecule has 0 fully saturated rings. The lowest BCUT2D eigenvalue weighted by Crippen LogP contribution is -2.12. The van der Waals surface area contributed by atoms with Crippen molar-refractivity contribution in [3.63, 3.8) is 0 Å². The van der Waals surface area contributed by atoms with Crippen LogP contribution in [0.25, 0.3) is 10.8 Å². The van der Waals surface area contributed by atoms with Gasteiger partial charge in [0.25, 0.3) is 0 Å². The molecular formula is C20H15NO3. The van der Waals surface area contributed by atoms with E-state index < -0.39 is 12.1 Å². The average Bonchev–Trinajstić information content (AvgIpc) is 2.63. The van der Waals surface area contributed by atoms with Crippen LogP contribution in [0.5, 0.6) is 0 Å². The molecule has 0 aromatic heterocycles. The Kier molecular flexibility index (Phi) is 4.85. The molecule has 0 N–H and O–H groups in total. The molecule has 3 aromatic rings. The lowest BCUT2D eigenvalue weighted by Gasteiger charge is -2.10. The second-order valence-corrected chi connectivity index (χ2v) is 5.29. The molecule has 0 aliphatic rings. The van der Waals surface area contributed by atoms with Gasteiger partial charge < -0.3 is 0 Å². The first kappa shape index (κ1) is 15.7. The fraction of sp³-hybridized carbons (Fsp3) is 0.100. The summed E-state index contributed by atoms with van der Waals surface area (Å²) in [5, 5.41) is 11.2. The number of fused-ring (bicyclic) bond motifs is 1. The maximum Gasteiger partial charge on any atom is 0.346 e. The number of rotatable bonds is 5. The lowest BCUT2D eigenvalue weighted by molar-refractivity contribution is -0.289. The van der Waals surface area contributed by atoms with Crippen LogP contribution in [-0.2, 0) is 21.0 Å². The largest absolute Gasteiger partial charge is 0.346 e. The van der Waals surface area contributed by atoms with E-state index in [-0.39, 0.29) is 6.42 Å². The fourth-order valence-corrected chi connectivity index (χ4v) is 2.51. The van der Waals surface area contributed by atoms with E-state index in [1.54, 1.807) is 24.3 Å². The topological polar surface area (TPSA) is 59.3 Å². The second-order valence-electron chi connectivity index (χ2n) is 5.29. The number of nitriles is 1. The molecular weight excluding hydrogens is 302 g/mol. The third-order valence-electron chi connectivity index (χ3n) is 3.67. The van der Waals surface area contributed by atoms with E-state index in [1.165, 1.54) is 0 Å². The van der Waals surface area contributed by atoms with Gasteiger partial charge in [-0.25, -0.2) is 4.79 Å². The van der Waals surface area contributed by atoms with Gasteiger partial charge in [-0.2, -0.15) is 10.1 Å². The summed E-state index contributed by atoms with van der Waals surface area (Å²) in [5.41, 5.74) is 1.49. The van der Waals surface area contributed by atoms with Crippen LogP contribution in [0.1, 0.15) is 17.2 Å². The SMILES string of the molecule is N#CC(OOC(=O)Cc1cccc2ccccc12)c1ccccc1. The summed E-state index contributed by atoms with van der Waals surface area (Å²) in [6.45, 7) is 0. The van der Waals surface area contributed by atoms with Crippen molar-refractivity contribution in [2.75, 3.05) is 0 Å². The molecule has 0 saturated heterocycles. The number of carbonyl (C=O) groups excluding carboxylic acids is 1. The Hall–Kier alpha value is -3.16. The molecule has 1 atom stereocenters. The maximum atomic E-state index is 12.1. The van der Waals surface area contributed by atoms with E-state index in [1.807, 2.05) is 54.6 Å². The summed E-state index contributed by atoms with van der Waals surface area (Å²) in [6, 6.07) is 24.5.